The van der Waals surface area contributed by atoms with Crippen LogP contribution in [-0.2, 0) is 0 Å². The molecule has 1 N–H and O–H groups in total. The van der Waals surface area contributed by atoms with Crippen molar-refractivity contribution in [3.63, 3.8) is 0 Å². The van der Waals surface area contributed by atoms with Crippen LogP contribution in [0, 0.1) is 5.82 Å². The van der Waals surface area contributed by atoms with Gasteiger partial charge in [-0.25, -0.2) is 9.37 Å². The third-order valence-electron chi connectivity index (χ3n) is 3.21. The van der Waals surface area contributed by atoms with E-state index in [4.69, 9.17) is 4.74 Å². The first-order chi connectivity index (χ1) is 11.7. The normalized spacial score (nSPS) is 10.9. The van der Waals surface area contributed by atoms with E-state index in [0.29, 0.717) is 11.7 Å². The molecule has 3 rings (SSSR count). The van der Waals surface area contributed by atoms with Crippen LogP contribution in [0.1, 0.15) is 12.5 Å². The molecule has 6 heteroatoms. The summed E-state index contributed by atoms with van der Waals surface area (Å²) >= 11 is 1.47. The molecule has 0 spiro atoms. The smallest absolute Gasteiger partial charge is 0.203 e. The minimum Gasteiger partial charge on any atom is -0.494 e. The summed E-state index contributed by atoms with van der Waals surface area (Å²) in [6.07, 6.45) is 1.62. The number of benzene rings is 2. The van der Waals surface area contributed by atoms with Crippen LogP contribution in [0.15, 0.2) is 59.0 Å². The summed E-state index contributed by atoms with van der Waals surface area (Å²) < 4.78 is 18.3. The maximum atomic E-state index is 12.8. The lowest BCUT2D eigenvalue weighted by atomic mass is 10.2. The van der Waals surface area contributed by atoms with Crippen LogP contribution in [0.5, 0.6) is 5.75 Å². The third kappa shape index (κ3) is 4.17. The number of halogens is 1. The number of ether oxygens (including phenoxy) is 1. The maximum Gasteiger partial charge on any atom is 0.203 e. The monoisotopic (exact) mass is 341 g/mol. The number of aromatic nitrogens is 1. The largest absolute Gasteiger partial charge is 0.494 e. The Hall–Kier alpha value is -2.73. The van der Waals surface area contributed by atoms with Crippen molar-refractivity contribution < 1.29 is 9.13 Å². The molecule has 0 aliphatic heterocycles. The minimum absolute atomic E-state index is 0.264. The molecule has 0 saturated carbocycles. The summed E-state index contributed by atoms with van der Waals surface area (Å²) in [4.78, 5) is 4.49. The highest BCUT2D eigenvalue weighted by molar-refractivity contribution is 7.14. The molecule has 0 aliphatic rings. The summed E-state index contributed by atoms with van der Waals surface area (Å²) in [5.74, 6) is 0.582. The first kappa shape index (κ1) is 16.1. The quantitative estimate of drug-likeness (QED) is 0.518. The minimum atomic E-state index is -0.264. The van der Waals surface area contributed by atoms with E-state index >= 15 is 0 Å². The van der Waals surface area contributed by atoms with Gasteiger partial charge in [-0.3, -0.25) is 5.43 Å². The van der Waals surface area contributed by atoms with Crippen LogP contribution in [0.4, 0.5) is 9.52 Å². The fourth-order valence-electron chi connectivity index (χ4n) is 2.06. The van der Waals surface area contributed by atoms with Crippen LogP contribution in [0.25, 0.3) is 11.3 Å². The highest BCUT2D eigenvalue weighted by Crippen LogP contribution is 2.26. The molecular weight excluding hydrogens is 325 g/mol. The molecule has 0 saturated heterocycles. The zero-order valence-corrected chi connectivity index (χ0v) is 13.9. The second kappa shape index (κ2) is 7.70. The standard InChI is InChI=1S/C18H16FN3OS/c1-2-23-16-9-5-14(6-10-16)17-12-24-18(21-17)22-20-11-13-3-7-15(19)8-4-13/h3-12H,2H2,1H3,(H,21,22)/b20-11+. The van der Waals surface area contributed by atoms with E-state index in [0.717, 1.165) is 22.6 Å². The summed E-state index contributed by atoms with van der Waals surface area (Å²) in [6.45, 7) is 2.61. The predicted molar refractivity (Wildman–Crippen MR) is 96.3 cm³/mol. The van der Waals surface area contributed by atoms with Crippen LogP contribution in [0.2, 0.25) is 0 Å². The van der Waals surface area contributed by atoms with E-state index < -0.39 is 0 Å². The number of thiazole rings is 1. The Kier molecular flexibility index (Phi) is 5.18. The van der Waals surface area contributed by atoms with Crippen molar-refractivity contribution in [1.82, 2.24) is 4.98 Å². The van der Waals surface area contributed by atoms with Crippen molar-refractivity contribution in [2.24, 2.45) is 5.10 Å². The molecule has 0 amide bonds. The van der Waals surface area contributed by atoms with Gasteiger partial charge in [0.25, 0.3) is 0 Å². The second-order valence-electron chi connectivity index (χ2n) is 4.92. The molecule has 0 unspecified atom stereocenters. The van der Waals surface area contributed by atoms with Crippen molar-refractivity contribution in [2.75, 3.05) is 12.0 Å². The molecule has 0 aliphatic carbocycles. The molecule has 2 aromatic carbocycles. The predicted octanol–water partition coefficient (Wildman–Crippen LogP) is 4.79. The third-order valence-corrected chi connectivity index (χ3v) is 3.96. The molecule has 0 fully saturated rings. The fraction of sp³-hybridized carbons (Fsp3) is 0.111. The Labute approximate surface area is 143 Å². The molecule has 4 nitrogen and oxygen atoms in total. The van der Waals surface area contributed by atoms with Gasteiger partial charge in [-0.1, -0.05) is 12.1 Å². The van der Waals surface area contributed by atoms with Gasteiger partial charge in [0.2, 0.25) is 5.13 Å². The van der Waals surface area contributed by atoms with Crippen molar-refractivity contribution >= 4 is 22.7 Å². The van der Waals surface area contributed by atoms with Gasteiger partial charge in [0.05, 0.1) is 18.5 Å². The van der Waals surface area contributed by atoms with Gasteiger partial charge in [-0.15, -0.1) is 11.3 Å². The van der Waals surface area contributed by atoms with E-state index in [-0.39, 0.29) is 5.82 Å². The van der Waals surface area contributed by atoms with E-state index in [1.807, 2.05) is 36.6 Å². The highest BCUT2D eigenvalue weighted by Gasteiger charge is 2.04. The first-order valence-corrected chi connectivity index (χ1v) is 8.36. The topological polar surface area (TPSA) is 46.5 Å². The number of nitrogens with zero attached hydrogens (tertiary/aromatic N) is 2. The first-order valence-electron chi connectivity index (χ1n) is 7.48. The number of nitrogens with one attached hydrogen (secondary N) is 1. The van der Waals surface area contributed by atoms with Crippen molar-refractivity contribution in [3.8, 4) is 17.0 Å². The van der Waals surface area contributed by atoms with Gasteiger partial charge in [-0.05, 0) is 48.9 Å². The molecule has 1 aromatic heterocycles. The number of hydrazone groups is 1. The van der Waals surface area contributed by atoms with Crippen molar-refractivity contribution in [1.29, 1.82) is 0 Å². The van der Waals surface area contributed by atoms with E-state index in [2.05, 4.69) is 15.5 Å². The van der Waals surface area contributed by atoms with Gasteiger partial charge in [-0.2, -0.15) is 5.10 Å². The number of hydrogen-bond acceptors (Lipinski definition) is 5. The molecule has 122 valence electrons. The number of hydrogen-bond donors (Lipinski definition) is 1. The molecule has 1 heterocycles. The van der Waals surface area contributed by atoms with E-state index in [1.165, 1.54) is 23.5 Å². The fourth-order valence-corrected chi connectivity index (χ4v) is 2.73. The molecule has 0 atom stereocenters. The lowest BCUT2D eigenvalue weighted by Gasteiger charge is -2.03. The Morgan fingerprint density at radius 3 is 2.62 bits per heavy atom. The molecular formula is C18H16FN3OS. The Bertz CT molecular complexity index is 813. The average molecular weight is 341 g/mol. The maximum absolute atomic E-state index is 12.8. The molecule has 0 radical (unpaired) electrons. The summed E-state index contributed by atoms with van der Waals surface area (Å²) in [6, 6.07) is 13.9. The zero-order valence-electron chi connectivity index (χ0n) is 13.1. The van der Waals surface area contributed by atoms with Gasteiger partial charge in [0.1, 0.15) is 11.6 Å². The van der Waals surface area contributed by atoms with Gasteiger partial charge in [0, 0.05) is 10.9 Å². The van der Waals surface area contributed by atoms with Gasteiger partial charge >= 0.3 is 0 Å². The number of anilines is 1. The van der Waals surface area contributed by atoms with Crippen molar-refractivity contribution in [2.45, 2.75) is 6.92 Å². The lowest BCUT2D eigenvalue weighted by Crippen LogP contribution is -1.91. The molecule has 24 heavy (non-hydrogen) atoms. The van der Waals surface area contributed by atoms with Crippen LogP contribution in [-0.4, -0.2) is 17.8 Å². The summed E-state index contributed by atoms with van der Waals surface area (Å²) in [7, 11) is 0. The van der Waals surface area contributed by atoms with Crippen LogP contribution >= 0.6 is 11.3 Å². The van der Waals surface area contributed by atoms with Crippen LogP contribution in [0.3, 0.4) is 0 Å². The lowest BCUT2D eigenvalue weighted by molar-refractivity contribution is 0.340. The van der Waals surface area contributed by atoms with E-state index in [1.54, 1.807) is 18.3 Å². The summed E-state index contributed by atoms with van der Waals surface area (Å²) in [5, 5.41) is 6.77. The molecule has 3 aromatic rings. The Morgan fingerprint density at radius 1 is 1.17 bits per heavy atom. The van der Waals surface area contributed by atoms with E-state index in [9.17, 15) is 4.39 Å². The Morgan fingerprint density at radius 2 is 1.92 bits per heavy atom. The number of rotatable bonds is 6. The SMILES string of the molecule is CCOc1ccc(-c2csc(N/N=C/c3ccc(F)cc3)n2)cc1. The molecule has 0 bridgehead atoms. The second-order valence-corrected chi connectivity index (χ2v) is 5.77. The van der Waals surface area contributed by atoms with Gasteiger partial charge in [0.15, 0.2) is 0 Å². The van der Waals surface area contributed by atoms with Crippen LogP contribution < -0.4 is 10.2 Å². The highest BCUT2D eigenvalue weighted by atomic mass is 32.1. The van der Waals surface area contributed by atoms with Crippen molar-refractivity contribution in [3.05, 3.63) is 65.3 Å². The van der Waals surface area contributed by atoms with Gasteiger partial charge < -0.3 is 4.74 Å². The zero-order chi connectivity index (χ0) is 16.8. The summed E-state index contributed by atoms with van der Waals surface area (Å²) in [5.41, 5.74) is 5.60. The Balaban J connectivity index is 1.63. The average Bonchev–Trinajstić information content (AvgIpc) is 3.07.